The second kappa shape index (κ2) is 6.98. The van der Waals surface area contributed by atoms with E-state index in [9.17, 15) is 4.79 Å². The number of fused-ring (bicyclic) bond motifs is 2. The van der Waals surface area contributed by atoms with Crippen molar-refractivity contribution >= 4 is 17.7 Å². The normalized spacial score (nSPS) is 21.8. The van der Waals surface area contributed by atoms with Crippen LogP contribution in [-0.4, -0.2) is 42.6 Å². The van der Waals surface area contributed by atoms with Gasteiger partial charge < -0.3 is 15.0 Å². The summed E-state index contributed by atoms with van der Waals surface area (Å²) < 4.78 is 5.44. The molecule has 1 unspecified atom stereocenters. The molecule has 1 fully saturated rings. The molecule has 0 aromatic heterocycles. The van der Waals surface area contributed by atoms with Crippen LogP contribution < -0.4 is 5.32 Å². The van der Waals surface area contributed by atoms with Crippen molar-refractivity contribution in [3.8, 4) is 0 Å². The fourth-order valence-corrected chi connectivity index (χ4v) is 3.74. The molecule has 0 spiro atoms. The molecule has 2 aliphatic rings. The topological polar surface area (TPSA) is 41.6 Å². The Balaban J connectivity index is 1.67. The van der Waals surface area contributed by atoms with Crippen LogP contribution >= 0.6 is 0 Å². The maximum absolute atomic E-state index is 12.3. The third-order valence-corrected chi connectivity index (χ3v) is 5.39. The lowest BCUT2D eigenvalue weighted by atomic mass is 9.88. The fourth-order valence-electron chi connectivity index (χ4n) is 3.74. The van der Waals surface area contributed by atoms with Gasteiger partial charge in [-0.2, -0.15) is 0 Å². The van der Waals surface area contributed by atoms with E-state index in [1.54, 1.807) is 0 Å². The van der Waals surface area contributed by atoms with Crippen molar-refractivity contribution in [2.75, 3.05) is 31.6 Å². The van der Waals surface area contributed by atoms with E-state index in [4.69, 9.17) is 4.74 Å². The first-order valence-electron chi connectivity index (χ1n) is 9.08. The number of hydrogen-bond donors (Lipinski definition) is 1. The van der Waals surface area contributed by atoms with Crippen molar-refractivity contribution in [1.29, 1.82) is 0 Å². The van der Waals surface area contributed by atoms with Crippen LogP contribution in [0.5, 0.6) is 0 Å². The molecule has 1 N–H and O–H groups in total. The van der Waals surface area contributed by atoms with Gasteiger partial charge in [0.2, 0.25) is 0 Å². The number of rotatable bonds is 6. The molecule has 0 bridgehead atoms. The van der Waals surface area contributed by atoms with Crippen molar-refractivity contribution in [1.82, 2.24) is 4.90 Å². The van der Waals surface area contributed by atoms with E-state index in [2.05, 4.69) is 37.1 Å². The van der Waals surface area contributed by atoms with Gasteiger partial charge in [-0.25, -0.2) is 4.79 Å². The van der Waals surface area contributed by atoms with E-state index >= 15 is 0 Å². The number of carbonyl (C=O) groups is 1. The van der Waals surface area contributed by atoms with Gasteiger partial charge in [0.05, 0.1) is 11.1 Å². The smallest absolute Gasteiger partial charge is 0.338 e. The number of benzene rings is 1. The van der Waals surface area contributed by atoms with Crippen molar-refractivity contribution in [3.63, 3.8) is 0 Å². The lowest BCUT2D eigenvalue weighted by molar-refractivity contribution is 0.0466. The number of likely N-dealkylation sites (N-methyl/N-ethyl adjacent to an activating group) is 1. The summed E-state index contributed by atoms with van der Waals surface area (Å²) in [5.41, 5.74) is 4.39. The molecule has 3 rings (SSSR count). The predicted octanol–water partition coefficient (Wildman–Crippen LogP) is 3.94. The van der Waals surface area contributed by atoms with Crippen LogP contribution in [0.15, 0.2) is 23.8 Å². The highest BCUT2D eigenvalue weighted by molar-refractivity contribution is 5.92. The zero-order chi connectivity index (χ0) is 17.2. The molecule has 4 nitrogen and oxygen atoms in total. The highest BCUT2D eigenvalue weighted by Crippen LogP contribution is 2.43. The Morgan fingerprint density at radius 3 is 2.88 bits per heavy atom. The van der Waals surface area contributed by atoms with Crippen molar-refractivity contribution < 1.29 is 9.53 Å². The average molecular weight is 328 g/mol. The van der Waals surface area contributed by atoms with Crippen LogP contribution in [0.1, 0.15) is 56.0 Å². The maximum Gasteiger partial charge on any atom is 0.338 e. The Labute approximate surface area is 144 Å². The van der Waals surface area contributed by atoms with Crippen molar-refractivity contribution in [3.05, 3.63) is 34.9 Å². The highest BCUT2D eigenvalue weighted by Gasteiger charge is 2.36. The first-order chi connectivity index (χ1) is 11.6. The predicted molar refractivity (Wildman–Crippen MR) is 98.4 cm³/mol. The van der Waals surface area contributed by atoms with Crippen LogP contribution in [0, 0.1) is 0 Å². The van der Waals surface area contributed by atoms with E-state index in [-0.39, 0.29) is 11.5 Å². The summed E-state index contributed by atoms with van der Waals surface area (Å²) in [5.74, 6) is -0.233. The third kappa shape index (κ3) is 3.34. The molecular weight excluding hydrogens is 300 g/mol. The molecule has 1 aliphatic heterocycles. The maximum atomic E-state index is 12.3. The summed E-state index contributed by atoms with van der Waals surface area (Å²) in [6.45, 7) is 9.68. The van der Waals surface area contributed by atoms with Crippen LogP contribution in [0.4, 0.5) is 5.69 Å². The largest absolute Gasteiger partial charge is 0.461 e. The lowest BCUT2D eigenvalue weighted by Gasteiger charge is -2.33. The monoisotopic (exact) mass is 328 g/mol. The molecule has 0 amide bonds. The first-order valence-corrected chi connectivity index (χ1v) is 9.08. The molecule has 130 valence electrons. The molecule has 0 saturated heterocycles. The first kappa shape index (κ1) is 17.0. The average Bonchev–Trinajstić information content (AvgIpc) is 2.96. The van der Waals surface area contributed by atoms with Gasteiger partial charge in [-0.05, 0) is 68.6 Å². The van der Waals surface area contributed by atoms with Crippen LogP contribution in [0.2, 0.25) is 0 Å². The number of nitrogens with zero attached hydrogens (tertiary/aromatic N) is 1. The van der Waals surface area contributed by atoms with Gasteiger partial charge in [-0.1, -0.05) is 19.9 Å². The molecule has 4 heteroatoms. The highest BCUT2D eigenvalue weighted by atomic mass is 16.5. The Hall–Kier alpha value is -1.81. The second-order valence-corrected chi connectivity index (χ2v) is 6.95. The summed E-state index contributed by atoms with van der Waals surface area (Å²) in [6, 6.07) is 5.82. The third-order valence-electron chi connectivity index (χ3n) is 5.39. The minimum atomic E-state index is -0.233. The molecule has 1 aliphatic carbocycles. The Morgan fingerprint density at radius 2 is 2.12 bits per heavy atom. The van der Waals surface area contributed by atoms with Gasteiger partial charge in [0.25, 0.3) is 0 Å². The summed E-state index contributed by atoms with van der Waals surface area (Å²) in [7, 11) is 0. The van der Waals surface area contributed by atoms with E-state index in [1.165, 1.54) is 18.4 Å². The van der Waals surface area contributed by atoms with E-state index in [0.717, 1.165) is 37.3 Å². The summed E-state index contributed by atoms with van der Waals surface area (Å²) in [6.07, 6.45) is 5.80. The van der Waals surface area contributed by atoms with Gasteiger partial charge in [-0.3, -0.25) is 0 Å². The Kier molecular flexibility index (Phi) is 4.95. The lowest BCUT2D eigenvalue weighted by Crippen LogP contribution is -2.35. The molecule has 1 heterocycles. The standard InChI is InChI=1S/C20H28N2O2/c1-4-22(5-2)11-12-24-19(23)15-8-9-18-16(13-15)14-17-7-6-10-20(17,3)21-18/h8-9,13-14,21H,4-7,10-12H2,1-3H3. The molecule has 1 aromatic rings. The fraction of sp³-hybridized carbons (Fsp3) is 0.550. The zero-order valence-electron chi connectivity index (χ0n) is 15.0. The van der Waals surface area contributed by atoms with Crippen LogP contribution in [-0.2, 0) is 4.74 Å². The number of hydrogen-bond acceptors (Lipinski definition) is 4. The van der Waals surface area contributed by atoms with Gasteiger partial charge in [0.1, 0.15) is 6.61 Å². The van der Waals surface area contributed by atoms with Crippen molar-refractivity contribution in [2.45, 2.75) is 45.6 Å². The molecule has 24 heavy (non-hydrogen) atoms. The summed E-state index contributed by atoms with van der Waals surface area (Å²) in [5, 5.41) is 3.65. The van der Waals surface area contributed by atoms with Crippen molar-refractivity contribution in [2.24, 2.45) is 0 Å². The molecule has 1 aromatic carbocycles. The summed E-state index contributed by atoms with van der Waals surface area (Å²) >= 11 is 0. The quantitative estimate of drug-likeness (QED) is 0.803. The minimum absolute atomic E-state index is 0.0960. The zero-order valence-corrected chi connectivity index (χ0v) is 15.0. The van der Waals surface area contributed by atoms with Crippen LogP contribution in [0.25, 0.3) is 6.08 Å². The van der Waals surface area contributed by atoms with Gasteiger partial charge in [0, 0.05) is 12.2 Å². The van der Waals surface area contributed by atoms with Crippen LogP contribution in [0.3, 0.4) is 0 Å². The number of esters is 1. The number of carbonyl (C=O) groups excluding carboxylic acids is 1. The molecule has 1 atom stereocenters. The van der Waals surface area contributed by atoms with Gasteiger partial charge >= 0.3 is 5.97 Å². The number of nitrogens with one attached hydrogen (secondary N) is 1. The van der Waals surface area contributed by atoms with E-state index in [0.29, 0.717) is 12.2 Å². The number of anilines is 1. The SMILES string of the molecule is CCN(CC)CCOC(=O)c1ccc2c(c1)C=C1CCCC1(C)N2. The Bertz CT molecular complexity index is 649. The summed E-state index contributed by atoms with van der Waals surface area (Å²) in [4.78, 5) is 14.5. The molecule has 1 saturated carbocycles. The second-order valence-electron chi connectivity index (χ2n) is 6.95. The Morgan fingerprint density at radius 1 is 1.33 bits per heavy atom. The van der Waals surface area contributed by atoms with E-state index < -0.39 is 0 Å². The molecular formula is C20H28N2O2. The minimum Gasteiger partial charge on any atom is -0.461 e. The van der Waals surface area contributed by atoms with Gasteiger partial charge in [-0.15, -0.1) is 0 Å². The number of ether oxygens (including phenoxy) is 1. The van der Waals surface area contributed by atoms with Gasteiger partial charge in [0.15, 0.2) is 0 Å². The molecule has 0 radical (unpaired) electrons. The van der Waals surface area contributed by atoms with E-state index in [1.807, 2.05) is 18.2 Å².